The average Bonchev–Trinajstić information content (AvgIpc) is 2.64. The standard InChI is InChI=1S/C22H30N2O3S2/c1-5-21(24(29(4,26)27)20-11-7-9-18(3)15-20)22(25)23-12-13-28-16-19-10-6-8-17(2)14-19/h6-11,14-15,21H,5,12-13,16H2,1-4H3,(H,23,25)/t21-/m1/s1. The van der Waals surface area contributed by atoms with Gasteiger partial charge in [0.05, 0.1) is 11.9 Å². The molecule has 0 radical (unpaired) electrons. The van der Waals surface area contributed by atoms with Crippen molar-refractivity contribution in [2.24, 2.45) is 0 Å². The Kier molecular flexibility index (Phi) is 8.59. The summed E-state index contributed by atoms with van der Waals surface area (Å²) in [5, 5.41) is 2.90. The van der Waals surface area contributed by atoms with Crippen molar-refractivity contribution < 1.29 is 13.2 Å². The fourth-order valence-corrected chi connectivity index (χ4v) is 5.19. The summed E-state index contributed by atoms with van der Waals surface area (Å²) in [5.41, 5.74) is 3.96. The molecule has 1 amide bonds. The van der Waals surface area contributed by atoms with Gasteiger partial charge in [-0.1, -0.05) is 48.9 Å². The molecule has 5 nitrogen and oxygen atoms in total. The third kappa shape index (κ3) is 7.08. The van der Waals surface area contributed by atoms with E-state index in [1.807, 2.05) is 26.0 Å². The molecule has 0 aliphatic heterocycles. The van der Waals surface area contributed by atoms with Gasteiger partial charge in [0.25, 0.3) is 0 Å². The van der Waals surface area contributed by atoms with Crippen LogP contribution in [0.1, 0.15) is 30.0 Å². The molecular weight excluding hydrogens is 404 g/mol. The van der Waals surface area contributed by atoms with Crippen LogP contribution in [-0.4, -0.2) is 38.9 Å². The van der Waals surface area contributed by atoms with Gasteiger partial charge >= 0.3 is 0 Å². The number of carbonyl (C=O) groups excluding carboxylic acids is 1. The summed E-state index contributed by atoms with van der Waals surface area (Å²) in [6.45, 7) is 6.29. The number of benzene rings is 2. The maximum Gasteiger partial charge on any atom is 0.243 e. The molecule has 0 heterocycles. The van der Waals surface area contributed by atoms with Crippen molar-refractivity contribution in [1.82, 2.24) is 5.32 Å². The van der Waals surface area contributed by atoms with E-state index >= 15 is 0 Å². The first-order chi connectivity index (χ1) is 13.7. The fraction of sp³-hybridized carbons (Fsp3) is 0.409. The number of rotatable bonds is 10. The first kappa shape index (κ1) is 23.3. The van der Waals surface area contributed by atoms with Crippen LogP contribution in [-0.2, 0) is 20.6 Å². The zero-order valence-corrected chi connectivity index (χ0v) is 19.1. The van der Waals surface area contributed by atoms with Crippen LogP contribution in [0.15, 0.2) is 48.5 Å². The monoisotopic (exact) mass is 434 g/mol. The zero-order chi connectivity index (χ0) is 21.4. The summed E-state index contributed by atoms with van der Waals surface area (Å²) >= 11 is 1.74. The molecule has 0 unspecified atom stereocenters. The molecule has 0 aliphatic carbocycles. The lowest BCUT2D eigenvalue weighted by atomic mass is 10.1. The Morgan fingerprint density at radius 1 is 1.10 bits per heavy atom. The summed E-state index contributed by atoms with van der Waals surface area (Å²) < 4.78 is 26.1. The fourth-order valence-electron chi connectivity index (χ4n) is 3.18. The van der Waals surface area contributed by atoms with Crippen LogP contribution in [0, 0.1) is 13.8 Å². The predicted molar refractivity (Wildman–Crippen MR) is 123 cm³/mol. The van der Waals surface area contributed by atoms with Crippen molar-refractivity contribution in [3.8, 4) is 0 Å². The van der Waals surface area contributed by atoms with Gasteiger partial charge in [0.1, 0.15) is 6.04 Å². The molecule has 2 aromatic rings. The molecule has 29 heavy (non-hydrogen) atoms. The smallest absolute Gasteiger partial charge is 0.243 e. The van der Waals surface area contributed by atoms with Crippen LogP contribution in [0.5, 0.6) is 0 Å². The van der Waals surface area contributed by atoms with E-state index in [0.29, 0.717) is 18.7 Å². The van der Waals surface area contributed by atoms with E-state index in [1.54, 1.807) is 30.0 Å². The predicted octanol–water partition coefficient (Wildman–Crippen LogP) is 3.90. The summed E-state index contributed by atoms with van der Waals surface area (Å²) in [6.07, 6.45) is 1.53. The number of sulfonamides is 1. The number of carbonyl (C=O) groups is 1. The molecule has 158 valence electrons. The molecule has 0 aromatic heterocycles. The first-order valence-electron chi connectivity index (χ1n) is 9.69. The van der Waals surface area contributed by atoms with Gasteiger partial charge in [-0.3, -0.25) is 9.10 Å². The number of hydrogen-bond donors (Lipinski definition) is 1. The van der Waals surface area contributed by atoms with Gasteiger partial charge < -0.3 is 5.32 Å². The minimum Gasteiger partial charge on any atom is -0.353 e. The molecule has 0 aliphatic rings. The highest BCUT2D eigenvalue weighted by molar-refractivity contribution is 7.98. The van der Waals surface area contributed by atoms with Crippen molar-refractivity contribution >= 4 is 33.4 Å². The highest BCUT2D eigenvalue weighted by atomic mass is 32.2. The number of thioether (sulfide) groups is 1. The van der Waals surface area contributed by atoms with E-state index in [1.165, 1.54) is 15.4 Å². The number of nitrogens with zero attached hydrogens (tertiary/aromatic N) is 1. The first-order valence-corrected chi connectivity index (χ1v) is 12.7. The molecule has 2 aromatic carbocycles. The largest absolute Gasteiger partial charge is 0.353 e. The average molecular weight is 435 g/mol. The molecule has 0 saturated carbocycles. The molecule has 2 rings (SSSR count). The number of amides is 1. The quantitative estimate of drug-likeness (QED) is 0.576. The number of aryl methyl sites for hydroxylation is 2. The lowest BCUT2D eigenvalue weighted by Crippen LogP contribution is -2.49. The molecule has 1 N–H and O–H groups in total. The second-order valence-electron chi connectivity index (χ2n) is 7.15. The van der Waals surface area contributed by atoms with Crippen molar-refractivity contribution in [2.45, 2.75) is 39.0 Å². The minimum absolute atomic E-state index is 0.268. The van der Waals surface area contributed by atoms with Gasteiger partial charge in [-0.2, -0.15) is 11.8 Å². The number of hydrogen-bond acceptors (Lipinski definition) is 4. The summed E-state index contributed by atoms with van der Waals surface area (Å²) in [4.78, 5) is 12.8. The van der Waals surface area contributed by atoms with E-state index < -0.39 is 16.1 Å². The van der Waals surface area contributed by atoms with Crippen LogP contribution < -0.4 is 9.62 Å². The minimum atomic E-state index is -3.60. The molecule has 0 saturated heterocycles. The third-order valence-electron chi connectivity index (χ3n) is 4.48. The van der Waals surface area contributed by atoms with Crippen LogP contribution >= 0.6 is 11.8 Å². The molecule has 0 fully saturated rings. The lowest BCUT2D eigenvalue weighted by molar-refractivity contribution is -0.122. The normalized spacial score (nSPS) is 12.4. The van der Waals surface area contributed by atoms with Crippen molar-refractivity contribution in [3.05, 3.63) is 65.2 Å². The van der Waals surface area contributed by atoms with Gasteiger partial charge in [-0.05, 0) is 43.5 Å². The highest BCUT2D eigenvalue weighted by Gasteiger charge is 2.31. The molecule has 1 atom stereocenters. The molecule has 0 spiro atoms. The second kappa shape index (κ2) is 10.7. The number of nitrogens with one attached hydrogen (secondary N) is 1. The molecule has 0 bridgehead atoms. The third-order valence-corrected chi connectivity index (χ3v) is 6.69. The Bertz CT molecular complexity index is 929. The Hall–Kier alpha value is -1.99. The van der Waals surface area contributed by atoms with Crippen LogP contribution in [0.4, 0.5) is 5.69 Å². The van der Waals surface area contributed by atoms with E-state index in [-0.39, 0.29) is 5.91 Å². The Labute approximate surface area is 178 Å². The van der Waals surface area contributed by atoms with Gasteiger partial charge in [-0.25, -0.2) is 8.42 Å². The second-order valence-corrected chi connectivity index (χ2v) is 10.1. The summed E-state index contributed by atoms with van der Waals surface area (Å²) in [7, 11) is -3.60. The lowest BCUT2D eigenvalue weighted by Gasteiger charge is -2.30. The zero-order valence-electron chi connectivity index (χ0n) is 17.5. The molecule has 7 heteroatoms. The Morgan fingerprint density at radius 2 is 1.76 bits per heavy atom. The molecular formula is C22H30N2O3S2. The van der Waals surface area contributed by atoms with Crippen molar-refractivity contribution in [3.63, 3.8) is 0 Å². The van der Waals surface area contributed by atoms with Crippen molar-refractivity contribution in [2.75, 3.05) is 22.9 Å². The summed E-state index contributed by atoms with van der Waals surface area (Å²) in [6, 6.07) is 14.8. The van der Waals surface area contributed by atoms with Crippen LogP contribution in [0.3, 0.4) is 0 Å². The number of anilines is 1. The van der Waals surface area contributed by atoms with Gasteiger partial charge in [-0.15, -0.1) is 0 Å². The van der Waals surface area contributed by atoms with Gasteiger partial charge in [0.15, 0.2) is 0 Å². The Morgan fingerprint density at radius 3 is 2.34 bits per heavy atom. The van der Waals surface area contributed by atoms with E-state index in [2.05, 4.69) is 30.4 Å². The topological polar surface area (TPSA) is 66.5 Å². The van der Waals surface area contributed by atoms with Gasteiger partial charge in [0.2, 0.25) is 15.9 Å². The van der Waals surface area contributed by atoms with Gasteiger partial charge in [0, 0.05) is 18.1 Å². The van der Waals surface area contributed by atoms with E-state index in [0.717, 1.165) is 23.3 Å². The van der Waals surface area contributed by atoms with E-state index in [4.69, 9.17) is 0 Å². The van der Waals surface area contributed by atoms with E-state index in [9.17, 15) is 13.2 Å². The highest BCUT2D eigenvalue weighted by Crippen LogP contribution is 2.23. The van der Waals surface area contributed by atoms with Crippen LogP contribution in [0.2, 0.25) is 0 Å². The SMILES string of the molecule is CC[C@H](C(=O)NCCSCc1cccc(C)c1)N(c1cccc(C)c1)S(C)(=O)=O. The summed E-state index contributed by atoms with van der Waals surface area (Å²) in [5.74, 6) is 1.38. The van der Waals surface area contributed by atoms with Crippen LogP contribution in [0.25, 0.3) is 0 Å². The van der Waals surface area contributed by atoms with Crippen molar-refractivity contribution in [1.29, 1.82) is 0 Å². The maximum atomic E-state index is 12.8. The Balaban J connectivity index is 1.97. The maximum absolute atomic E-state index is 12.8.